The molecule has 1 aromatic heterocycles. The van der Waals surface area contributed by atoms with E-state index < -0.39 is 5.91 Å². The van der Waals surface area contributed by atoms with Crippen molar-refractivity contribution >= 4 is 51.9 Å². The molecule has 6 nitrogen and oxygen atoms in total. The summed E-state index contributed by atoms with van der Waals surface area (Å²) < 4.78 is 2.15. The highest BCUT2D eigenvalue weighted by Crippen LogP contribution is 2.23. The molecule has 3 N–H and O–H groups in total. The van der Waals surface area contributed by atoms with Crippen LogP contribution in [0.4, 0.5) is 5.69 Å². The van der Waals surface area contributed by atoms with E-state index in [9.17, 15) is 4.79 Å². The molecule has 8 heteroatoms. The molecule has 0 saturated carbocycles. The lowest BCUT2D eigenvalue weighted by atomic mass is 10.1. The monoisotopic (exact) mass is 473 g/mol. The molecular formula is C24H29Cl2N5O. The number of amides is 1. The Morgan fingerprint density at radius 1 is 1.16 bits per heavy atom. The van der Waals surface area contributed by atoms with Crippen LogP contribution in [0.25, 0.3) is 17.1 Å². The number of nitrogens with one attached hydrogen (secondary N) is 1. The zero-order chi connectivity index (χ0) is 22.9. The van der Waals surface area contributed by atoms with Crippen LogP contribution in [0.1, 0.15) is 17.0 Å². The summed E-state index contributed by atoms with van der Waals surface area (Å²) in [6.45, 7) is 3.09. The van der Waals surface area contributed by atoms with Gasteiger partial charge >= 0.3 is 0 Å². The lowest BCUT2D eigenvalue weighted by Crippen LogP contribution is -2.27. The Morgan fingerprint density at radius 3 is 2.53 bits per heavy atom. The van der Waals surface area contributed by atoms with Crippen LogP contribution in [0.2, 0.25) is 0 Å². The number of aryl methyl sites for hydroxylation is 1. The molecule has 1 amide bonds. The molecule has 3 aromatic rings. The number of nitrogens with two attached hydrogens (primary N) is 1. The minimum Gasteiger partial charge on any atom is -0.369 e. The second-order valence-corrected chi connectivity index (χ2v) is 8.29. The zero-order valence-corrected chi connectivity index (χ0v) is 19.7. The number of hydrogen-bond acceptors (Lipinski definition) is 4. The number of anilines is 1. The van der Waals surface area contributed by atoms with Crippen molar-refractivity contribution in [3.8, 4) is 0 Å². The predicted molar refractivity (Wildman–Crippen MR) is 134 cm³/mol. The quantitative estimate of drug-likeness (QED) is 0.239. The Kier molecular flexibility index (Phi) is 8.97. The molecule has 0 aliphatic rings. The number of imidazole rings is 1. The summed E-state index contributed by atoms with van der Waals surface area (Å²) in [6, 6.07) is 14.3. The van der Waals surface area contributed by atoms with Gasteiger partial charge in [0.25, 0.3) is 0 Å². The van der Waals surface area contributed by atoms with Crippen LogP contribution in [0, 0.1) is 0 Å². The lowest BCUT2D eigenvalue weighted by Gasteiger charge is -2.22. The first-order valence-corrected chi connectivity index (χ1v) is 11.7. The molecule has 1 heterocycles. The standard InChI is InChI=1S/C24H29Cl2N5O/c1-30-22-8-7-20(31(14-11-25)15-12-26)16-21(22)29-24(30)10-13-28-17-19-4-2-18(3-5-19)6-9-23(27)32/h2-9,16,28H,10-15,17H2,1H3,(H2,27,32)/b9-6+. The number of benzene rings is 2. The lowest BCUT2D eigenvalue weighted by molar-refractivity contribution is -0.113. The van der Waals surface area contributed by atoms with E-state index in [0.717, 1.165) is 60.7 Å². The first-order chi connectivity index (χ1) is 15.5. The fourth-order valence-electron chi connectivity index (χ4n) is 3.59. The van der Waals surface area contributed by atoms with Gasteiger partial charge in [-0.2, -0.15) is 0 Å². The second-order valence-electron chi connectivity index (χ2n) is 7.53. The smallest absolute Gasteiger partial charge is 0.241 e. The van der Waals surface area contributed by atoms with Gasteiger partial charge in [-0.15, -0.1) is 23.2 Å². The van der Waals surface area contributed by atoms with Crippen molar-refractivity contribution in [3.63, 3.8) is 0 Å². The molecule has 170 valence electrons. The third-order valence-corrected chi connectivity index (χ3v) is 5.64. The van der Waals surface area contributed by atoms with Gasteiger partial charge in [-0.1, -0.05) is 24.3 Å². The number of carbonyl (C=O) groups excluding carboxylic acids is 1. The first-order valence-electron chi connectivity index (χ1n) is 10.6. The van der Waals surface area contributed by atoms with Crippen LogP contribution >= 0.6 is 23.2 Å². The third kappa shape index (κ3) is 6.48. The molecule has 0 aliphatic heterocycles. The molecule has 0 spiro atoms. The number of aromatic nitrogens is 2. The number of fused-ring (bicyclic) bond motifs is 1. The molecule has 0 fully saturated rings. The van der Waals surface area contributed by atoms with Gasteiger partial charge in [-0.3, -0.25) is 4.79 Å². The van der Waals surface area contributed by atoms with Gasteiger partial charge in [-0.05, 0) is 35.4 Å². The average molecular weight is 474 g/mol. The molecular weight excluding hydrogens is 445 g/mol. The van der Waals surface area contributed by atoms with Crippen LogP contribution in [0.15, 0.2) is 48.5 Å². The summed E-state index contributed by atoms with van der Waals surface area (Å²) in [6.07, 6.45) is 3.90. The van der Waals surface area contributed by atoms with Crippen LogP contribution in [-0.2, 0) is 24.8 Å². The Bertz CT molecular complexity index is 1060. The molecule has 0 saturated heterocycles. The minimum atomic E-state index is -0.447. The highest BCUT2D eigenvalue weighted by molar-refractivity contribution is 6.18. The highest BCUT2D eigenvalue weighted by Gasteiger charge is 2.11. The van der Waals surface area contributed by atoms with Crippen molar-refractivity contribution in [2.45, 2.75) is 13.0 Å². The Hall–Kier alpha value is -2.54. The summed E-state index contributed by atoms with van der Waals surface area (Å²) in [7, 11) is 2.05. The third-order valence-electron chi connectivity index (χ3n) is 5.31. The van der Waals surface area contributed by atoms with E-state index in [0.29, 0.717) is 11.8 Å². The molecule has 0 atom stereocenters. The predicted octanol–water partition coefficient (Wildman–Crippen LogP) is 3.69. The first kappa shape index (κ1) is 24.1. The fourth-order valence-corrected chi connectivity index (χ4v) is 4.00. The molecule has 0 aliphatic carbocycles. The summed E-state index contributed by atoms with van der Waals surface area (Å²) in [5.41, 5.74) is 10.4. The van der Waals surface area contributed by atoms with Crippen LogP contribution in [0.5, 0.6) is 0 Å². The van der Waals surface area contributed by atoms with Crippen LogP contribution in [0.3, 0.4) is 0 Å². The number of halogens is 2. The van der Waals surface area contributed by atoms with E-state index >= 15 is 0 Å². The van der Waals surface area contributed by atoms with E-state index in [1.165, 1.54) is 11.6 Å². The maximum absolute atomic E-state index is 10.8. The fraction of sp³-hybridized carbons (Fsp3) is 0.333. The topological polar surface area (TPSA) is 76.2 Å². The van der Waals surface area contributed by atoms with Crippen molar-refractivity contribution in [1.82, 2.24) is 14.9 Å². The summed E-state index contributed by atoms with van der Waals surface area (Å²) in [5, 5.41) is 3.47. The summed E-state index contributed by atoms with van der Waals surface area (Å²) in [5.74, 6) is 1.71. The van der Waals surface area contributed by atoms with Crippen molar-refractivity contribution in [1.29, 1.82) is 0 Å². The normalized spacial score (nSPS) is 11.5. The molecule has 0 unspecified atom stereocenters. The minimum absolute atomic E-state index is 0.447. The molecule has 0 radical (unpaired) electrons. The van der Waals surface area contributed by atoms with Crippen molar-refractivity contribution < 1.29 is 4.79 Å². The molecule has 2 aromatic carbocycles. The average Bonchev–Trinajstić information content (AvgIpc) is 3.10. The van der Waals surface area contributed by atoms with Gasteiger partial charge in [0.2, 0.25) is 5.91 Å². The summed E-state index contributed by atoms with van der Waals surface area (Å²) in [4.78, 5) is 17.9. The number of alkyl halides is 2. The van der Waals surface area contributed by atoms with Crippen LogP contribution in [-0.4, -0.2) is 46.9 Å². The molecule has 3 rings (SSSR count). The number of primary amides is 1. The second kappa shape index (κ2) is 11.9. The van der Waals surface area contributed by atoms with Gasteiger partial charge in [-0.25, -0.2) is 4.98 Å². The van der Waals surface area contributed by atoms with E-state index in [1.807, 2.05) is 24.3 Å². The Morgan fingerprint density at radius 2 is 1.88 bits per heavy atom. The molecule has 32 heavy (non-hydrogen) atoms. The maximum Gasteiger partial charge on any atom is 0.241 e. The van der Waals surface area contributed by atoms with E-state index in [4.69, 9.17) is 33.9 Å². The van der Waals surface area contributed by atoms with Gasteiger partial charge in [0.15, 0.2) is 0 Å². The number of rotatable bonds is 12. The number of nitrogens with zero attached hydrogens (tertiary/aromatic N) is 3. The van der Waals surface area contributed by atoms with E-state index in [2.05, 4.69) is 40.0 Å². The number of carbonyl (C=O) groups is 1. The molecule has 0 bridgehead atoms. The Balaban J connectivity index is 1.58. The van der Waals surface area contributed by atoms with Gasteiger partial charge in [0.1, 0.15) is 5.82 Å². The van der Waals surface area contributed by atoms with Crippen molar-refractivity contribution in [3.05, 3.63) is 65.5 Å². The van der Waals surface area contributed by atoms with E-state index in [-0.39, 0.29) is 0 Å². The van der Waals surface area contributed by atoms with Gasteiger partial charge in [0, 0.05) is 63.2 Å². The van der Waals surface area contributed by atoms with Gasteiger partial charge < -0.3 is 20.5 Å². The number of hydrogen-bond donors (Lipinski definition) is 2. The van der Waals surface area contributed by atoms with Crippen molar-refractivity contribution in [2.75, 3.05) is 36.3 Å². The van der Waals surface area contributed by atoms with Crippen LogP contribution < -0.4 is 16.0 Å². The summed E-state index contributed by atoms with van der Waals surface area (Å²) >= 11 is 11.9. The zero-order valence-electron chi connectivity index (χ0n) is 18.2. The SMILES string of the molecule is Cn1c(CCNCc2ccc(/C=C/C(N)=O)cc2)nc2cc(N(CCCl)CCCl)ccc21. The van der Waals surface area contributed by atoms with Gasteiger partial charge in [0.05, 0.1) is 11.0 Å². The van der Waals surface area contributed by atoms with E-state index in [1.54, 1.807) is 6.08 Å². The largest absolute Gasteiger partial charge is 0.369 e. The van der Waals surface area contributed by atoms with Crippen molar-refractivity contribution in [2.24, 2.45) is 12.8 Å². The highest BCUT2D eigenvalue weighted by atomic mass is 35.5. The Labute approximate surface area is 199 Å². The maximum atomic E-state index is 10.8.